The molecule has 5 nitrogen and oxygen atoms in total. The Morgan fingerprint density at radius 2 is 2.00 bits per heavy atom. The maximum absolute atomic E-state index is 5.93. The van der Waals surface area contributed by atoms with Crippen molar-refractivity contribution < 1.29 is 4.42 Å². The molecular formula is C20H20N4OS. The van der Waals surface area contributed by atoms with Crippen LogP contribution >= 0.6 is 11.8 Å². The van der Waals surface area contributed by atoms with Gasteiger partial charge >= 0.3 is 0 Å². The van der Waals surface area contributed by atoms with Gasteiger partial charge in [0.15, 0.2) is 0 Å². The van der Waals surface area contributed by atoms with E-state index in [1.165, 1.54) is 10.8 Å². The highest BCUT2D eigenvalue weighted by Gasteiger charge is 2.15. The smallest absolute Gasteiger partial charge is 0.247 e. The Kier molecular flexibility index (Phi) is 5.02. The third kappa shape index (κ3) is 3.80. The van der Waals surface area contributed by atoms with E-state index >= 15 is 0 Å². The van der Waals surface area contributed by atoms with E-state index in [0.717, 1.165) is 24.3 Å². The van der Waals surface area contributed by atoms with E-state index in [1.54, 1.807) is 0 Å². The van der Waals surface area contributed by atoms with Crippen LogP contribution in [0.2, 0.25) is 0 Å². The summed E-state index contributed by atoms with van der Waals surface area (Å²) in [7, 11) is 0. The summed E-state index contributed by atoms with van der Waals surface area (Å²) in [4.78, 5) is 4.06. The van der Waals surface area contributed by atoms with Crippen molar-refractivity contribution in [1.29, 1.82) is 0 Å². The summed E-state index contributed by atoms with van der Waals surface area (Å²) in [6.45, 7) is 3.09. The zero-order valence-corrected chi connectivity index (χ0v) is 15.4. The van der Waals surface area contributed by atoms with Gasteiger partial charge in [-0.05, 0) is 42.0 Å². The Morgan fingerprint density at radius 1 is 1.12 bits per heavy atom. The molecule has 0 spiro atoms. The highest BCUT2D eigenvalue weighted by molar-refractivity contribution is 7.99. The zero-order valence-electron chi connectivity index (χ0n) is 14.6. The van der Waals surface area contributed by atoms with Gasteiger partial charge in [0.25, 0.3) is 0 Å². The number of hydrogen-bond acceptors (Lipinski definition) is 5. The second-order valence-corrected chi connectivity index (χ2v) is 7.62. The molecule has 2 aromatic heterocycles. The molecule has 0 saturated carbocycles. The normalized spacial score (nSPS) is 12.5. The summed E-state index contributed by atoms with van der Waals surface area (Å²) >= 11 is 1.83. The largest absolute Gasteiger partial charge is 0.420 e. The minimum atomic E-state index is 0.180. The summed E-state index contributed by atoms with van der Waals surface area (Å²) in [6, 6.07) is 14.5. The first-order valence-corrected chi connectivity index (χ1v) is 9.74. The number of aryl methyl sites for hydroxylation is 1. The van der Waals surface area contributed by atoms with Crippen LogP contribution < -0.4 is 0 Å². The van der Waals surface area contributed by atoms with E-state index in [2.05, 4.69) is 50.9 Å². The molecule has 0 aliphatic rings. The van der Waals surface area contributed by atoms with Gasteiger partial charge in [0.1, 0.15) is 0 Å². The molecule has 0 aliphatic carbocycles. The number of rotatable bonds is 7. The van der Waals surface area contributed by atoms with Crippen molar-refractivity contribution in [2.45, 2.75) is 25.1 Å². The molecule has 0 radical (unpaired) electrons. The first-order valence-electron chi connectivity index (χ1n) is 8.69. The fourth-order valence-electron chi connectivity index (χ4n) is 2.84. The van der Waals surface area contributed by atoms with Gasteiger partial charge < -0.3 is 8.98 Å². The number of benzene rings is 2. The quantitative estimate of drug-likeness (QED) is 0.433. The lowest BCUT2D eigenvalue weighted by Crippen LogP contribution is -1.97. The minimum absolute atomic E-state index is 0.180. The van der Waals surface area contributed by atoms with Crippen LogP contribution in [0.1, 0.15) is 24.5 Å². The van der Waals surface area contributed by atoms with E-state index in [1.807, 2.05) is 48.7 Å². The van der Waals surface area contributed by atoms with Crippen LogP contribution in [0.15, 0.2) is 65.6 Å². The Morgan fingerprint density at radius 3 is 2.85 bits per heavy atom. The first kappa shape index (κ1) is 16.8. The average molecular weight is 364 g/mol. The minimum Gasteiger partial charge on any atom is -0.420 e. The van der Waals surface area contributed by atoms with Crippen LogP contribution in [0, 0.1) is 0 Å². The van der Waals surface area contributed by atoms with Gasteiger partial charge in [0, 0.05) is 24.5 Å². The van der Waals surface area contributed by atoms with Crippen LogP contribution in [-0.2, 0) is 6.54 Å². The lowest BCUT2D eigenvalue weighted by Gasteiger charge is -2.07. The highest BCUT2D eigenvalue weighted by Crippen LogP contribution is 2.30. The molecule has 4 rings (SSSR count). The van der Waals surface area contributed by atoms with Crippen molar-refractivity contribution in [1.82, 2.24) is 19.7 Å². The SMILES string of the molecule is CC(SCCCn1ccnc1)c1nnc(-c2ccc3ccccc3c2)o1. The molecular weight excluding hydrogens is 344 g/mol. The third-order valence-corrected chi connectivity index (χ3v) is 5.50. The van der Waals surface area contributed by atoms with Gasteiger partial charge in [-0.15, -0.1) is 22.0 Å². The van der Waals surface area contributed by atoms with Crippen molar-refractivity contribution in [3.8, 4) is 11.5 Å². The standard InChI is InChI=1S/C20H20N4OS/c1-15(26-12-4-10-24-11-9-21-14-24)19-22-23-20(25-19)18-8-7-16-5-2-3-6-17(16)13-18/h2-3,5-9,11,13-15H,4,10,12H2,1H3. The summed E-state index contributed by atoms with van der Waals surface area (Å²) in [6.07, 6.45) is 6.73. The Labute approximate surface area is 156 Å². The number of nitrogens with zero attached hydrogens (tertiary/aromatic N) is 4. The molecule has 132 valence electrons. The third-order valence-electron chi connectivity index (χ3n) is 4.27. The lowest BCUT2D eigenvalue weighted by atomic mass is 10.1. The molecule has 0 fully saturated rings. The molecule has 1 atom stereocenters. The number of hydrogen-bond donors (Lipinski definition) is 0. The summed E-state index contributed by atoms with van der Waals surface area (Å²) < 4.78 is 8.02. The molecule has 1 unspecified atom stereocenters. The van der Waals surface area contributed by atoms with Crippen LogP contribution in [0.5, 0.6) is 0 Å². The van der Waals surface area contributed by atoms with E-state index in [-0.39, 0.29) is 5.25 Å². The maximum atomic E-state index is 5.93. The lowest BCUT2D eigenvalue weighted by molar-refractivity contribution is 0.509. The van der Waals surface area contributed by atoms with Crippen LogP contribution in [0.4, 0.5) is 0 Å². The Balaban J connectivity index is 1.38. The van der Waals surface area contributed by atoms with Crippen LogP contribution in [-0.4, -0.2) is 25.5 Å². The second-order valence-electron chi connectivity index (χ2n) is 6.17. The van der Waals surface area contributed by atoms with Crippen molar-refractivity contribution in [3.63, 3.8) is 0 Å². The molecule has 2 aromatic carbocycles. The predicted octanol–water partition coefficient (Wildman–Crippen LogP) is 4.97. The fraction of sp³-hybridized carbons (Fsp3) is 0.250. The van der Waals surface area contributed by atoms with Gasteiger partial charge in [-0.3, -0.25) is 0 Å². The molecule has 26 heavy (non-hydrogen) atoms. The van der Waals surface area contributed by atoms with E-state index in [0.29, 0.717) is 11.8 Å². The predicted molar refractivity (Wildman–Crippen MR) is 105 cm³/mol. The topological polar surface area (TPSA) is 56.7 Å². The van der Waals surface area contributed by atoms with Gasteiger partial charge in [-0.25, -0.2) is 4.98 Å². The van der Waals surface area contributed by atoms with Crippen LogP contribution in [0.3, 0.4) is 0 Å². The molecule has 0 N–H and O–H groups in total. The van der Waals surface area contributed by atoms with Crippen molar-refractivity contribution >= 4 is 22.5 Å². The number of fused-ring (bicyclic) bond motifs is 1. The zero-order chi connectivity index (χ0) is 17.8. The molecule has 4 aromatic rings. The summed E-state index contributed by atoms with van der Waals surface area (Å²) in [5.41, 5.74) is 0.958. The monoisotopic (exact) mass is 364 g/mol. The fourth-order valence-corrected chi connectivity index (χ4v) is 3.72. The van der Waals surface area contributed by atoms with Gasteiger partial charge in [0.05, 0.1) is 11.6 Å². The average Bonchev–Trinajstić information content (AvgIpc) is 3.36. The van der Waals surface area contributed by atoms with Gasteiger partial charge in [0.2, 0.25) is 11.8 Å². The van der Waals surface area contributed by atoms with E-state index in [9.17, 15) is 0 Å². The molecule has 6 heteroatoms. The molecule has 2 heterocycles. The summed E-state index contributed by atoms with van der Waals surface area (Å²) in [5, 5.41) is 11.0. The van der Waals surface area contributed by atoms with E-state index < -0.39 is 0 Å². The number of imidazole rings is 1. The highest BCUT2D eigenvalue weighted by atomic mass is 32.2. The van der Waals surface area contributed by atoms with Gasteiger partial charge in [-0.1, -0.05) is 30.3 Å². The molecule has 0 bridgehead atoms. The molecule has 0 saturated heterocycles. The number of thioether (sulfide) groups is 1. The Hall–Kier alpha value is -2.60. The van der Waals surface area contributed by atoms with Gasteiger partial charge in [-0.2, -0.15) is 0 Å². The second kappa shape index (κ2) is 7.74. The number of aromatic nitrogens is 4. The van der Waals surface area contributed by atoms with E-state index in [4.69, 9.17) is 4.42 Å². The van der Waals surface area contributed by atoms with Crippen molar-refractivity contribution in [3.05, 3.63) is 67.1 Å². The molecule has 0 amide bonds. The maximum Gasteiger partial charge on any atom is 0.247 e. The van der Waals surface area contributed by atoms with Crippen LogP contribution in [0.25, 0.3) is 22.2 Å². The van der Waals surface area contributed by atoms with Crippen molar-refractivity contribution in [2.75, 3.05) is 5.75 Å². The molecule has 0 aliphatic heterocycles. The van der Waals surface area contributed by atoms with Crippen molar-refractivity contribution in [2.24, 2.45) is 0 Å². The Bertz CT molecular complexity index is 980. The summed E-state index contributed by atoms with van der Waals surface area (Å²) in [5.74, 6) is 2.30. The first-order chi connectivity index (χ1) is 12.8.